The molecular weight excluding hydrogens is 224 g/mol. The van der Waals surface area contributed by atoms with Crippen LogP contribution in [0.5, 0.6) is 5.75 Å². The van der Waals surface area contributed by atoms with Crippen molar-refractivity contribution in [2.45, 2.75) is 39.0 Å². The van der Waals surface area contributed by atoms with E-state index in [1.807, 2.05) is 33.0 Å². The zero-order valence-corrected chi connectivity index (χ0v) is 12.4. The van der Waals surface area contributed by atoms with Crippen LogP contribution in [0.4, 0.5) is 0 Å². The van der Waals surface area contributed by atoms with Crippen LogP contribution in [0.3, 0.4) is 0 Å². The Hall–Kier alpha value is -1.06. The highest BCUT2D eigenvalue weighted by Crippen LogP contribution is 2.24. The minimum atomic E-state index is 0.219. The van der Waals surface area contributed by atoms with Crippen LogP contribution in [0.15, 0.2) is 24.3 Å². The number of ether oxygens (including phenoxy) is 1. The molecule has 0 radical (unpaired) electrons. The lowest BCUT2D eigenvalue weighted by atomic mass is 9.99. The molecule has 1 aromatic rings. The summed E-state index contributed by atoms with van der Waals surface area (Å²) < 4.78 is 5.67. The summed E-state index contributed by atoms with van der Waals surface area (Å²) in [4.78, 5) is 2.24. The molecule has 1 N–H and O–H groups in total. The fourth-order valence-corrected chi connectivity index (χ4v) is 2.21. The van der Waals surface area contributed by atoms with Crippen LogP contribution in [-0.2, 0) is 0 Å². The molecule has 0 saturated carbocycles. The molecular formula is C15H26N2O. The molecule has 0 bridgehead atoms. The highest BCUT2D eigenvalue weighted by Gasteiger charge is 2.20. The van der Waals surface area contributed by atoms with E-state index in [0.29, 0.717) is 12.1 Å². The monoisotopic (exact) mass is 250 g/mol. The first-order chi connectivity index (χ1) is 8.45. The third-order valence-electron chi connectivity index (χ3n) is 3.08. The van der Waals surface area contributed by atoms with Gasteiger partial charge < -0.3 is 15.0 Å². The van der Waals surface area contributed by atoms with E-state index in [1.54, 1.807) is 0 Å². The molecule has 3 heteroatoms. The van der Waals surface area contributed by atoms with Gasteiger partial charge in [-0.05, 0) is 59.6 Å². The fourth-order valence-electron chi connectivity index (χ4n) is 2.21. The van der Waals surface area contributed by atoms with Crippen molar-refractivity contribution in [2.24, 2.45) is 0 Å². The Labute approximate surface area is 111 Å². The summed E-state index contributed by atoms with van der Waals surface area (Å²) in [7, 11) is 6.21. The summed E-state index contributed by atoms with van der Waals surface area (Å²) >= 11 is 0. The zero-order chi connectivity index (χ0) is 13.7. The van der Waals surface area contributed by atoms with Crippen LogP contribution in [0.1, 0.15) is 32.4 Å². The van der Waals surface area contributed by atoms with Crippen molar-refractivity contribution in [3.8, 4) is 5.75 Å². The minimum Gasteiger partial charge on any atom is -0.491 e. The lowest BCUT2D eigenvalue weighted by Gasteiger charge is -2.30. The Balaban J connectivity index is 2.87. The van der Waals surface area contributed by atoms with Crippen molar-refractivity contribution in [3.05, 3.63) is 29.8 Å². The molecule has 0 aliphatic carbocycles. The van der Waals surface area contributed by atoms with Gasteiger partial charge in [-0.25, -0.2) is 0 Å². The maximum atomic E-state index is 5.67. The summed E-state index contributed by atoms with van der Waals surface area (Å²) in [5.41, 5.74) is 1.30. The molecule has 18 heavy (non-hydrogen) atoms. The van der Waals surface area contributed by atoms with Crippen LogP contribution < -0.4 is 10.1 Å². The first-order valence-corrected chi connectivity index (χ1v) is 6.56. The molecule has 1 aromatic carbocycles. The second-order valence-electron chi connectivity index (χ2n) is 5.22. The van der Waals surface area contributed by atoms with Crippen molar-refractivity contribution in [3.63, 3.8) is 0 Å². The van der Waals surface area contributed by atoms with Crippen molar-refractivity contribution in [1.82, 2.24) is 10.2 Å². The van der Waals surface area contributed by atoms with E-state index >= 15 is 0 Å². The average Bonchev–Trinajstić information content (AvgIpc) is 2.30. The van der Waals surface area contributed by atoms with Gasteiger partial charge in [0.2, 0.25) is 0 Å². The summed E-state index contributed by atoms with van der Waals surface area (Å²) in [6.07, 6.45) is 0.219. The standard InChI is InChI=1S/C15H26N2O/c1-11(2)18-14-9-7-13(8-10-14)15(17(5)6)12(3)16-4/h7-12,15-16H,1-6H3/t12-,15+/m0/s1. The molecule has 2 atom stereocenters. The molecule has 0 aliphatic rings. The topological polar surface area (TPSA) is 24.5 Å². The molecule has 3 nitrogen and oxygen atoms in total. The lowest BCUT2D eigenvalue weighted by molar-refractivity contribution is 0.239. The quantitative estimate of drug-likeness (QED) is 0.840. The van der Waals surface area contributed by atoms with E-state index in [-0.39, 0.29) is 6.10 Å². The molecule has 0 aromatic heterocycles. The normalized spacial score (nSPS) is 14.9. The largest absolute Gasteiger partial charge is 0.491 e. The van der Waals surface area contributed by atoms with E-state index in [1.165, 1.54) is 5.56 Å². The number of benzene rings is 1. The molecule has 0 unspecified atom stereocenters. The van der Waals surface area contributed by atoms with Crippen LogP contribution in [0.2, 0.25) is 0 Å². The van der Waals surface area contributed by atoms with Crippen LogP contribution in [0.25, 0.3) is 0 Å². The molecule has 0 amide bonds. The lowest BCUT2D eigenvalue weighted by Crippen LogP contribution is -2.37. The van der Waals surface area contributed by atoms with Crippen LogP contribution >= 0.6 is 0 Å². The van der Waals surface area contributed by atoms with Gasteiger partial charge in [0.25, 0.3) is 0 Å². The number of likely N-dealkylation sites (N-methyl/N-ethyl adjacent to an activating group) is 2. The Morgan fingerprint density at radius 3 is 2.00 bits per heavy atom. The van der Waals surface area contributed by atoms with E-state index in [0.717, 1.165) is 5.75 Å². The molecule has 0 aliphatic heterocycles. The van der Waals surface area contributed by atoms with Gasteiger partial charge in [0.05, 0.1) is 6.10 Å². The number of nitrogens with zero attached hydrogens (tertiary/aromatic N) is 1. The second kappa shape index (κ2) is 6.76. The van der Waals surface area contributed by atoms with Gasteiger partial charge in [0.1, 0.15) is 5.75 Å². The van der Waals surface area contributed by atoms with Crippen molar-refractivity contribution in [1.29, 1.82) is 0 Å². The van der Waals surface area contributed by atoms with Gasteiger partial charge in [0.15, 0.2) is 0 Å². The number of nitrogens with one attached hydrogen (secondary N) is 1. The van der Waals surface area contributed by atoms with Crippen molar-refractivity contribution >= 4 is 0 Å². The van der Waals surface area contributed by atoms with Crippen molar-refractivity contribution < 1.29 is 4.74 Å². The second-order valence-corrected chi connectivity index (χ2v) is 5.22. The van der Waals surface area contributed by atoms with E-state index in [9.17, 15) is 0 Å². The highest BCUT2D eigenvalue weighted by atomic mass is 16.5. The zero-order valence-electron chi connectivity index (χ0n) is 12.4. The van der Waals surface area contributed by atoms with E-state index in [2.05, 4.69) is 43.4 Å². The Morgan fingerprint density at radius 1 is 1.06 bits per heavy atom. The predicted octanol–water partition coefficient (Wildman–Crippen LogP) is 2.68. The summed E-state index contributed by atoms with van der Waals surface area (Å²) in [5.74, 6) is 0.934. The SMILES string of the molecule is CN[C@@H](C)[C@H](c1ccc(OC(C)C)cc1)N(C)C. The number of rotatable bonds is 6. The molecule has 0 heterocycles. The van der Waals surface area contributed by atoms with Gasteiger partial charge >= 0.3 is 0 Å². The Bertz CT molecular complexity index is 346. The summed E-state index contributed by atoms with van der Waals surface area (Å²) in [5, 5.41) is 3.32. The number of hydrogen-bond acceptors (Lipinski definition) is 3. The number of hydrogen-bond donors (Lipinski definition) is 1. The van der Waals surface area contributed by atoms with Crippen molar-refractivity contribution in [2.75, 3.05) is 21.1 Å². The van der Waals surface area contributed by atoms with Gasteiger partial charge in [-0.15, -0.1) is 0 Å². The maximum absolute atomic E-state index is 5.67. The van der Waals surface area contributed by atoms with E-state index in [4.69, 9.17) is 4.74 Å². The third kappa shape index (κ3) is 4.00. The third-order valence-corrected chi connectivity index (χ3v) is 3.08. The maximum Gasteiger partial charge on any atom is 0.119 e. The van der Waals surface area contributed by atoms with Crippen LogP contribution in [0, 0.1) is 0 Å². The fraction of sp³-hybridized carbons (Fsp3) is 0.600. The Kier molecular flexibility index (Phi) is 5.63. The molecule has 102 valence electrons. The average molecular weight is 250 g/mol. The van der Waals surface area contributed by atoms with Gasteiger partial charge in [-0.2, -0.15) is 0 Å². The van der Waals surface area contributed by atoms with E-state index < -0.39 is 0 Å². The smallest absolute Gasteiger partial charge is 0.119 e. The van der Waals surface area contributed by atoms with Crippen LogP contribution in [-0.4, -0.2) is 38.2 Å². The highest BCUT2D eigenvalue weighted by molar-refractivity contribution is 5.30. The van der Waals surface area contributed by atoms with Gasteiger partial charge in [-0.3, -0.25) is 0 Å². The minimum absolute atomic E-state index is 0.219. The summed E-state index contributed by atoms with van der Waals surface area (Å²) in [6, 6.07) is 9.16. The molecule has 0 saturated heterocycles. The molecule has 1 rings (SSSR count). The molecule has 0 spiro atoms. The first kappa shape index (κ1) is 15.0. The summed E-state index contributed by atoms with van der Waals surface area (Å²) in [6.45, 7) is 6.28. The Morgan fingerprint density at radius 2 is 1.61 bits per heavy atom. The first-order valence-electron chi connectivity index (χ1n) is 6.56. The molecule has 0 fully saturated rings. The predicted molar refractivity (Wildman–Crippen MR) is 77.2 cm³/mol. The van der Waals surface area contributed by atoms with Gasteiger partial charge in [0, 0.05) is 12.1 Å². The van der Waals surface area contributed by atoms with Gasteiger partial charge in [-0.1, -0.05) is 12.1 Å².